The second-order valence-corrected chi connectivity index (χ2v) is 8.39. The van der Waals surface area contributed by atoms with Crippen LogP contribution in [0.3, 0.4) is 0 Å². The molecule has 0 saturated carbocycles. The summed E-state index contributed by atoms with van der Waals surface area (Å²) < 4.78 is 0. The van der Waals surface area contributed by atoms with Crippen molar-refractivity contribution in [3.05, 3.63) is 57.8 Å². The van der Waals surface area contributed by atoms with Crippen LogP contribution < -0.4 is 0 Å². The van der Waals surface area contributed by atoms with E-state index in [1.807, 2.05) is 29.6 Å². The van der Waals surface area contributed by atoms with Gasteiger partial charge in [-0.2, -0.15) is 5.10 Å². The van der Waals surface area contributed by atoms with Crippen molar-refractivity contribution in [3.8, 4) is 0 Å². The van der Waals surface area contributed by atoms with Crippen molar-refractivity contribution in [1.82, 2.24) is 4.90 Å². The van der Waals surface area contributed by atoms with Gasteiger partial charge in [0.1, 0.15) is 0 Å². The zero-order valence-electron chi connectivity index (χ0n) is 15.1. The van der Waals surface area contributed by atoms with Gasteiger partial charge < -0.3 is 0 Å². The van der Waals surface area contributed by atoms with E-state index in [1.165, 1.54) is 5.56 Å². The number of hydrogen-bond acceptors (Lipinski definition) is 5. The Labute approximate surface area is 163 Å². The minimum absolute atomic E-state index is 0.0466. The fourth-order valence-corrected chi connectivity index (χ4v) is 4.48. The Morgan fingerprint density at radius 3 is 2.81 bits per heavy atom. The van der Waals surface area contributed by atoms with Crippen molar-refractivity contribution in [2.45, 2.75) is 44.9 Å². The monoisotopic (exact) mass is 385 g/mol. The third-order valence-corrected chi connectivity index (χ3v) is 6.34. The molecule has 0 N–H and O–H groups in total. The lowest BCUT2D eigenvalue weighted by atomic mass is 10.1. The molecule has 1 fully saturated rings. The van der Waals surface area contributed by atoms with Gasteiger partial charge >= 0.3 is 0 Å². The van der Waals surface area contributed by atoms with Gasteiger partial charge in [0.2, 0.25) is 5.91 Å². The Bertz CT molecular complexity index is 799. The lowest BCUT2D eigenvalue weighted by Gasteiger charge is -2.17. The molecule has 0 spiro atoms. The summed E-state index contributed by atoms with van der Waals surface area (Å²) in [5, 5.41) is 11.3. The quantitative estimate of drug-likeness (QED) is 0.493. The summed E-state index contributed by atoms with van der Waals surface area (Å²) in [7, 11) is 0. The van der Waals surface area contributed by atoms with Crippen LogP contribution in [0, 0.1) is 6.92 Å². The van der Waals surface area contributed by atoms with Crippen LogP contribution >= 0.6 is 23.1 Å². The second kappa shape index (κ2) is 9.14. The van der Waals surface area contributed by atoms with E-state index in [1.54, 1.807) is 34.2 Å². The average molecular weight is 386 g/mol. The van der Waals surface area contributed by atoms with Crippen LogP contribution in [0.15, 0.2) is 52.0 Å². The molecule has 0 radical (unpaired) electrons. The molecular formula is C20H23N3OS2. The molecule has 26 heavy (non-hydrogen) atoms. The Kier molecular flexibility index (Phi) is 6.63. The van der Waals surface area contributed by atoms with Crippen LogP contribution in [0.5, 0.6) is 0 Å². The predicted octanol–water partition coefficient (Wildman–Crippen LogP) is 5.08. The molecule has 1 aromatic heterocycles. The number of carbonyl (C=O) groups excluding carboxylic acids is 1. The number of hydrogen-bond donors (Lipinski definition) is 0. The molecule has 1 amide bonds. The highest BCUT2D eigenvalue weighted by Gasteiger charge is 2.37. The van der Waals surface area contributed by atoms with E-state index in [2.05, 4.69) is 36.2 Å². The summed E-state index contributed by atoms with van der Waals surface area (Å²) >= 11 is 3.16. The van der Waals surface area contributed by atoms with Gasteiger partial charge in [0.15, 0.2) is 5.17 Å². The first kappa shape index (κ1) is 18.9. The van der Waals surface area contributed by atoms with Gasteiger partial charge in [-0.25, -0.2) is 0 Å². The highest BCUT2D eigenvalue weighted by atomic mass is 32.2. The molecule has 4 nitrogen and oxygen atoms in total. The summed E-state index contributed by atoms with van der Waals surface area (Å²) in [6.07, 6.45) is 4.77. The van der Waals surface area contributed by atoms with Crippen molar-refractivity contribution in [2.24, 2.45) is 10.2 Å². The minimum Gasteiger partial charge on any atom is -0.284 e. The van der Waals surface area contributed by atoms with Crippen LogP contribution in [-0.4, -0.2) is 27.4 Å². The molecule has 0 unspecified atom stereocenters. The van der Waals surface area contributed by atoms with E-state index in [9.17, 15) is 4.79 Å². The molecule has 1 saturated heterocycles. The summed E-state index contributed by atoms with van der Waals surface area (Å²) in [5.74, 6) is 0.150. The number of rotatable bonds is 7. The number of carbonyl (C=O) groups is 1. The molecule has 3 rings (SSSR count). The normalized spacial score (nSPS) is 19.2. The van der Waals surface area contributed by atoms with Crippen molar-refractivity contribution in [3.63, 3.8) is 0 Å². The first-order valence-electron chi connectivity index (χ1n) is 8.86. The minimum atomic E-state index is -0.0466. The number of amides is 1. The Balaban J connectivity index is 1.81. The molecule has 1 aliphatic rings. The number of unbranched alkanes of at least 4 members (excludes halogenated alkanes) is 1. The van der Waals surface area contributed by atoms with Gasteiger partial charge in [0.05, 0.1) is 18.0 Å². The summed E-state index contributed by atoms with van der Waals surface area (Å²) in [6, 6.07) is 12.2. The molecule has 0 aliphatic carbocycles. The summed E-state index contributed by atoms with van der Waals surface area (Å²) in [6.45, 7) is 4.77. The topological polar surface area (TPSA) is 45.0 Å². The van der Waals surface area contributed by atoms with Crippen LogP contribution in [-0.2, 0) is 11.3 Å². The maximum absolute atomic E-state index is 12.9. The molecule has 6 heteroatoms. The van der Waals surface area contributed by atoms with Gasteiger partial charge in [-0.05, 0) is 35.9 Å². The van der Waals surface area contributed by atoms with E-state index in [4.69, 9.17) is 0 Å². The van der Waals surface area contributed by atoms with Crippen LogP contribution in [0.1, 0.15) is 42.2 Å². The number of nitrogens with zero attached hydrogens (tertiary/aromatic N) is 3. The highest BCUT2D eigenvalue weighted by molar-refractivity contribution is 8.15. The fourth-order valence-electron chi connectivity index (χ4n) is 2.76. The Hall–Kier alpha value is -1.92. The summed E-state index contributed by atoms with van der Waals surface area (Å²) in [5.41, 5.74) is 2.33. The average Bonchev–Trinajstić information content (AvgIpc) is 3.25. The van der Waals surface area contributed by atoms with Gasteiger partial charge in [-0.1, -0.05) is 61.9 Å². The van der Waals surface area contributed by atoms with E-state index in [0.717, 1.165) is 29.7 Å². The first-order chi connectivity index (χ1) is 12.7. The maximum atomic E-state index is 12.9. The zero-order valence-corrected chi connectivity index (χ0v) is 16.7. The smallest absolute Gasteiger partial charge is 0.242 e. The number of thioether (sulfide) groups is 1. The van der Waals surface area contributed by atoms with Crippen molar-refractivity contribution < 1.29 is 4.79 Å². The van der Waals surface area contributed by atoms with Gasteiger partial charge in [-0.15, -0.1) is 16.4 Å². The predicted molar refractivity (Wildman–Crippen MR) is 112 cm³/mol. The van der Waals surface area contributed by atoms with Crippen LogP contribution in [0.25, 0.3) is 0 Å². The van der Waals surface area contributed by atoms with Crippen molar-refractivity contribution in [2.75, 3.05) is 0 Å². The van der Waals surface area contributed by atoms with Crippen LogP contribution in [0.2, 0.25) is 0 Å². The number of thiophene rings is 1. The largest absolute Gasteiger partial charge is 0.284 e. The van der Waals surface area contributed by atoms with Crippen molar-refractivity contribution in [1.29, 1.82) is 0 Å². The lowest BCUT2D eigenvalue weighted by Crippen LogP contribution is -2.31. The molecule has 2 aromatic rings. The highest BCUT2D eigenvalue weighted by Crippen LogP contribution is 2.32. The van der Waals surface area contributed by atoms with Gasteiger partial charge in [0, 0.05) is 4.88 Å². The Morgan fingerprint density at radius 1 is 1.23 bits per heavy atom. The third-order valence-electron chi connectivity index (χ3n) is 4.30. The number of benzene rings is 1. The third kappa shape index (κ3) is 4.62. The fraction of sp³-hybridized carbons (Fsp3) is 0.350. The molecule has 1 atom stereocenters. The van der Waals surface area contributed by atoms with Gasteiger partial charge in [0.25, 0.3) is 0 Å². The first-order valence-corrected chi connectivity index (χ1v) is 10.6. The molecular weight excluding hydrogens is 362 g/mol. The van der Waals surface area contributed by atoms with Crippen molar-refractivity contribution >= 4 is 40.4 Å². The molecule has 2 heterocycles. The van der Waals surface area contributed by atoms with E-state index >= 15 is 0 Å². The molecule has 1 aliphatic heterocycles. The molecule has 136 valence electrons. The van der Waals surface area contributed by atoms with E-state index in [-0.39, 0.29) is 11.2 Å². The second-order valence-electron chi connectivity index (χ2n) is 6.24. The molecule has 0 bridgehead atoms. The van der Waals surface area contributed by atoms with E-state index in [0.29, 0.717) is 11.7 Å². The number of amidine groups is 1. The lowest BCUT2D eigenvalue weighted by molar-refractivity contribution is -0.126. The van der Waals surface area contributed by atoms with E-state index < -0.39 is 0 Å². The number of aryl methyl sites for hydroxylation is 1. The van der Waals surface area contributed by atoms with Gasteiger partial charge in [-0.3, -0.25) is 9.69 Å². The zero-order chi connectivity index (χ0) is 18.4. The Morgan fingerprint density at radius 2 is 2.08 bits per heavy atom. The molecule has 1 aromatic carbocycles. The maximum Gasteiger partial charge on any atom is 0.242 e. The SMILES string of the molecule is CCCC[C@@H]1S/C(=N/N=C\c2cccs2)N(Cc2ccccc2C)C1=O. The standard InChI is InChI=1S/C20H23N3OS2/c1-3-4-11-18-19(24)23(14-16-9-6-5-8-15(16)2)20(26-18)22-21-13-17-10-7-12-25-17/h5-10,12-13,18H,3-4,11,14H2,1-2H3/b21-13-,22-20+/t18-/m0/s1. The van der Waals surface area contributed by atoms with Crippen LogP contribution in [0.4, 0.5) is 0 Å². The summed E-state index contributed by atoms with van der Waals surface area (Å²) in [4.78, 5) is 15.7.